The highest BCUT2D eigenvalue weighted by Gasteiger charge is 2.16. The third-order valence-corrected chi connectivity index (χ3v) is 5.07. The highest BCUT2D eigenvalue weighted by atomic mass is 32.1. The third kappa shape index (κ3) is 3.43. The molecule has 0 spiro atoms. The van der Waals surface area contributed by atoms with Crippen LogP contribution in [0, 0.1) is 0 Å². The molecule has 22 heavy (non-hydrogen) atoms. The zero-order chi connectivity index (χ0) is 15.5. The first-order valence-electron chi connectivity index (χ1n) is 6.23. The summed E-state index contributed by atoms with van der Waals surface area (Å²) < 4.78 is 21.6. The van der Waals surface area contributed by atoms with Gasteiger partial charge in [-0.05, 0) is 29.6 Å². The number of nitrogens with one attached hydrogen (secondary N) is 1. The van der Waals surface area contributed by atoms with Crippen molar-refractivity contribution in [1.29, 1.82) is 0 Å². The van der Waals surface area contributed by atoms with Crippen LogP contribution < -0.4 is 10.1 Å². The summed E-state index contributed by atoms with van der Waals surface area (Å²) in [4.78, 5) is 14.1. The van der Waals surface area contributed by atoms with Gasteiger partial charge in [0.1, 0.15) is 12.4 Å². The summed E-state index contributed by atoms with van der Waals surface area (Å²) in [6.07, 6.45) is 0. The summed E-state index contributed by atoms with van der Waals surface area (Å²) in [5, 5.41) is 5.86. The summed E-state index contributed by atoms with van der Waals surface area (Å²) in [5.41, 5.74) is 1.72. The molecule has 0 aliphatic carbocycles. The number of benzene rings is 1. The number of hydrogen-bond donors (Lipinski definition) is 2. The number of fused-ring (bicyclic) bond motifs is 1. The van der Waals surface area contributed by atoms with Crippen molar-refractivity contribution >= 4 is 52.0 Å². The average molecular weight is 355 g/mol. The quantitative estimate of drug-likeness (QED) is 0.643. The molecule has 1 unspecified atom stereocenters. The predicted molar refractivity (Wildman–Crippen MR) is 88.4 cm³/mol. The van der Waals surface area contributed by atoms with E-state index < -0.39 is 8.25 Å². The number of methoxy groups -OCH3 is 1. The highest BCUT2D eigenvalue weighted by Crippen LogP contribution is 2.34. The van der Waals surface area contributed by atoms with Crippen LogP contribution in [0.5, 0.6) is 5.75 Å². The van der Waals surface area contributed by atoms with Crippen molar-refractivity contribution in [2.24, 2.45) is 0 Å². The second-order valence-corrected chi connectivity index (χ2v) is 7.01. The summed E-state index contributed by atoms with van der Waals surface area (Å²) in [6.45, 7) is 0.0877. The Morgan fingerprint density at radius 2 is 2.27 bits per heavy atom. The van der Waals surface area contributed by atoms with E-state index in [4.69, 9.17) is 14.2 Å². The monoisotopic (exact) mass is 355 g/mol. The van der Waals surface area contributed by atoms with Crippen molar-refractivity contribution in [2.45, 2.75) is 6.61 Å². The Kier molecular flexibility index (Phi) is 4.66. The van der Waals surface area contributed by atoms with Crippen molar-refractivity contribution < 1.29 is 18.7 Å². The summed E-state index contributed by atoms with van der Waals surface area (Å²) in [6, 6.07) is 7.60. The molecule has 0 saturated heterocycles. The molecule has 1 aromatic carbocycles. The van der Waals surface area contributed by atoms with Crippen LogP contribution in [0.4, 0.5) is 10.8 Å². The van der Waals surface area contributed by atoms with E-state index >= 15 is 0 Å². The number of nitrogens with zero attached hydrogens (tertiary/aromatic N) is 1. The number of thiazole rings is 1. The Bertz CT molecular complexity index is 817. The van der Waals surface area contributed by atoms with Gasteiger partial charge in [0.2, 0.25) is 0 Å². The Morgan fingerprint density at radius 1 is 1.41 bits per heavy atom. The van der Waals surface area contributed by atoms with Gasteiger partial charge in [-0.2, -0.15) is 0 Å². The summed E-state index contributed by atoms with van der Waals surface area (Å²) in [5.74, 6) is 0.791. The molecule has 114 valence electrons. The van der Waals surface area contributed by atoms with Crippen LogP contribution in [0.15, 0.2) is 29.6 Å². The van der Waals surface area contributed by atoms with E-state index in [-0.39, 0.29) is 6.61 Å². The van der Waals surface area contributed by atoms with Crippen LogP contribution in [-0.4, -0.2) is 17.0 Å². The lowest BCUT2D eigenvalue weighted by Gasteiger charge is -2.01. The van der Waals surface area contributed by atoms with E-state index in [9.17, 15) is 4.57 Å². The van der Waals surface area contributed by atoms with Gasteiger partial charge in [-0.25, -0.2) is 4.98 Å². The molecule has 9 heteroatoms. The molecule has 2 N–H and O–H groups in total. The maximum atomic E-state index is 10.6. The molecule has 2 aromatic heterocycles. The van der Waals surface area contributed by atoms with Crippen LogP contribution in [0.2, 0.25) is 0 Å². The van der Waals surface area contributed by atoms with E-state index in [0.717, 1.165) is 31.7 Å². The van der Waals surface area contributed by atoms with E-state index in [1.807, 2.05) is 29.6 Å². The molecule has 0 saturated carbocycles. The van der Waals surface area contributed by atoms with E-state index in [2.05, 4.69) is 10.3 Å². The van der Waals surface area contributed by atoms with Crippen molar-refractivity contribution in [3.63, 3.8) is 0 Å². The molecular weight excluding hydrogens is 343 g/mol. The van der Waals surface area contributed by atoms with Gasteiger partial charge in [0.25, 0.3) is 0 Å². The fraction of sp³-hybridized carbons (Fsp3) is 0.154. The fourth-order valence-corrected chi connectivity index (χ4v) is 3.85. The van der Waals surface area contributed by atoms with Crippen LogP contribution in [-0.2, 0) is 15.7 Å². The smallest absolute Gasteiger partial charge is 0.497 e. The van der Waals surface area contributed by atoms with Crippen molar-refractivity contribution in [1.82, 2.24) is 4.98 Å². The zero-order valence-electron chi connectivity index (χ0n) is 11.5. The van der Waals surface area contributed by atoms with Gasteiger partial charge >= 0.3 is 8.25 Å². The standard InChI is InChI=1S/C13H11N2O4PS2/c1-18-8-2-3-9-11(6-8)22-13(14-9)15-10-4-5-21-12(10)7-19-20(16)17/h2-6H,7H2,1H3,(H-,14,15,16,17)/p+1. The van der Waals surface area contributed by atoms with Crippen LogP contribution in [0.1, 0.15) is 4.88 Å². The van der Waals surface area contributed by atoms with Gasteiger partial charge in [0.15, 0.2) is 5.13 Å². The number of aromatic nitrogens is 1. The molecule has 2 heterocycles. The fourth-order valence-electron chi connectivity index (χ4n) is 1.88. The Hall–Kier alpha value is -1.57. The van der Waals surface area contributed by atoms with Crippen LogP contribution >= 0.6 is 30.9 Å². The SMILES string of the molecule is COc1ccc2nc(Nc3ccsc3CO[P+](=O)O)sc2c1. The Labute approximate surface area is 135 Å². The number of thiophene rings is 1. The minimum Gasteiger partial charge on any atom is -0.497 e. The van der Waals surface area contributed by atoms with Gasteiger partial charge in [-0.1, -0.05) is 11.3 Å². The molecule has 1 atom stereocenters. The lowest BCUT2D eigenvalue weighted by Crippen LogP contribution is -1.92. The van der Waals surface area contributed by atoms with E-state index in [0.29, 0.717) is 0 Å². The number of hydrogen-bond acceptors (Lipinski definition) is 7. The maximum absolute atomic E-state index is 10.6. The predicted octanol–water partition coefficient (Wildman–Crippen LogP) is 4.28. The third-order valence-electron chi connectivity index (χ3n) is 2.89. The molecule has 3 aromatic rings. The topological polar surface area (TPSA) is 80.7 Å². The second kappa shape index (κ2) is 6.68. The first-order chi connectivity index (χ1) is 10.7. The van der Waals surface area contributed by atoms with Crippen molar-refractivity contribution in [3.05, 3.63) is 34.5 Å². The van der Waals surface area contributed by atoms with Crippen LogP contribution in [0.25, 0.3) is 10.2 Å². The minimum absolute atomic E-state index is 0.0877. The molecule has 0 radical (unpaired) electrons. The lowest BCUT2D eigenvalue weighted by atomic mass is 10.3. The van der Waals surface area contributed by atoms with Gasteiger partial charge in [-0.15, -0.1) is 20.8 Å². The maximum Gasteiger partial charge on any atom is 0.695 e. The largest absolute Gasteiger partial charge is 0.695 e. The number of ether oxygens (including phenoxy) is 1. The van der Waals surface area contributed by atoms with Crippen molar-refractivity contribution in [3.8, 4) is 5.75 Å². The molecule has 0 amide bonds. The van der Waals surface area contributed by atoms with Crippen molar-refractivity contribution in [2.75, 3.05) is 12.4 Å². The molecule has 0 bridgehead atoms. The first kappa shape index (κ1) is 15.3. The van der Waals surface area contributed by atoms with Gasteiger partial charge in [0, 0.05) is 4.57 Å². The summed E-state index contributed by atoms with van der Waals surface area (Å²) in [7, 11) is -0.967. The minimum atomic E-state index is -2.60. The normalized spacial score (nSPS) is 11.6. The molecule has 0 aliphatic rings. The van der Waals surface area contributed by atoms with Gasteiger partial charge in [0.05, 0.1) is 27.9 Å². The molecular formula is C13H12N2O4PS2+. The molecule has 0 aliphatic heterocycles. The van der Waals surface area contributed by atoms with Crippen LogP contribution in [0.3, 0.4) is 0 Å². The number of anilines is 2. The molecule has 3 rings (SSSR count). The number of rotatable bonds is 6. The summed E-state index contributed by atoms with van der Waals surface area (Å²) >= 11 is 2.97. The first-order valence-corrected chi connectivity index (χ1v) is 9.05. The molecule has 6 nitrogen and oxygen atoms in total. The highest BCUT2D eigenvalue weighted by molar-refractivity contribution is 7.32. The Balaban J connectivity index is 1.81. The average Bonchev–Trinajstić information content (AvgIpc) is 3.10. The van der Waals surface area contributed by atoms with E-state index in [1.54, 1.807) is 7.11 Å². The Morgan fingerprint density at radius 3 is 3.05 bits per heavy atom. The van der Waals surface area contributed by atoms with Gasteiger partial charge in [-0.3, -0.25) is 0 Å². The molecule has 0 fully saturated rings. The lowest BCUT2D eigenvalue weighted by molar-refractivity contribution is 0.275. The second-order valence-electron chi connectivity index (χ2n) is 4.25. The van der Waals surface area contributed by atoms with Gasteiger partial charge < -0.3 is 10.1 Å². The van der Waals surface area contributed by atoms with E-state index in [1.165, 1.54) is 22.7 Å². The zero-order valence-corrected chi connectivity index (χ0v) is 14.0.